The number of fused-ring (bicyclic) bond motifs is 1. The van der Waals surface area contributed by atoms with Gasteiger partial charge in [0.25, 0.3) is 0 Å². The first-order valence-corrected chi connectivity index (χ1v) is 12.2. The Labute approximate surface area is 204 Å². The van der Waals surface area contributed by atoms with E-state index < -0.39 is 5.25 Å². The molecule has 1 fully saturated rings. The molecule has 3 heterocycles. The van der Waals surface area contributed by atoms with Crippen molar-refractivity contribution in [2.24, 2.45) is 0 Å². The summed E-state index contributed by atoms with van der Waals surface area (Å²) in [5.41, 5.74) is 2.52. The van der Waals surface area contributed by atoms with Crippen LogP contribution in [0.4, 0.5) is 5.69 Å². The Morgan fingerprint density at radius 1 is 1.24 bits per heavy atom. The minimum Gasteiger partial charge on any atom is -0.376 e. The number of aromatic nitrogens is 5. The van der Waals surface area contributed by atoms with Crippen LogP contribution in [0.2, 0.25) is 5.02 Å². The SMILES string of the molecule is CC(Sc1nnc(-c2ccc(Cl)cc2)n1CC1CCCO1)C(=O)Nc1ccc2[nH]c(=O)[nH]c2c1. The highest BCUT2D eigenvalue weighted by molar-refractivity contribution is 8.00. The summed E-state index contributed by atoms with van der Waals surface area (Å²) in [5, 5.41) is 12.6. The quantitative estimate of drug-likeness (QED) is 0.331. The van der Waals surface area contributed by atoms with Crippen molar-refractivity contribution >= 4 is 46.0 Å². The Morgan fingerprint density at radius 3 is 2.79 bits per heavy atom. The highest BCUT2D eigenvalue weighted by atomic mass is 35.5. The molecule has 11 heteroatoms. The van der Waals surface area contributed by atoms with Gasteiger partial charge >= 0.3 is 5.69 Å². The number of hydrogen-bond donors (Lipinski definition) is 3. The van der Waals surface area contributed by atoms with Crippen molar-refractivity contribution < 1.29 is 9.53 Å². The van der Waals surface area contributed by atoms with E-state index in [9.17, 15) is 9.59 Å². The van der Waals surface area contributed by atoms with Gasteiger partial charge in [-0.15, -0.1) is 10.2 Å². The molecule has 0 saturated carbocycles. The topological polar surface area (TPSA) is 118 Å². The van der Waals surface area contributed by atoms with Crippen molar-refractivity contribution in [1.29, 1.82) is 0 Å². The number of thioether (sulfide) groups is 1. The molecule has 4 aromatic rings. The molecule has 0 spiro atoms. The van der Waals surface area contributed by atoms with Gasteiger partial charge in [0.15, 0.2) is 11.0 Å². The lowest BCUT2D eigenvalue weighted by molar-refractivity contribution is -0.115. The van der Waals surface area contributed by atoms with Crippen LogP contribution in [0.1, 0.15) is 19.8 Å². The largest absolute Gasteiger partial charge is 0.376 e. The lowest BCUT2D eigenvalue weighted by Crippen LogP contribution is -2.23. The molecule has 0 aliphatic carbocycles. The van der Waals surface area contributed by atoms with Crippen molar-refractivity contribution in [1.82, 2.24) is 24.7 Å². The highest BCUT2D eigenvalue weighted by Crippen LogP contribution is 2.30. The summed E-state index contributed by atoms with van der Waals surface area (Å²) in [7, 11) is 0. The zero-order valence-corrected chi connectivity index (χ0v) is 19.9. The average molecular weight is 499 g/mol. The van der Waals surface area contributed by atoms with Crippen LogP contribution in [0.5, 0.6) is 0 Å². The lowest BCUT2D eigenvalue weighted by Gasteiger charge is -2.16. The first kappa shape index (κ1) is 22.7. The molecule has 176 valence electrons. The van der Waals surface area contributed by atoms with E-state index in [1.165, 1.54) is 11.8 Å². The third-order valence-corrected chi connectivity index (χ3v) is 7.00. The predicted molar refractivity (Wildman–Crippen MR) is 132 cm³/mol. The summed E-state index contributed by atoms with van der Waals surface area (Å²) < 4.78 is 7.86. The maximum absolute atomic E-state index is 12.9. The minimum atomic E-state index is -0.438. The second kappa shape index (κ2) is 9.65. The van der Waals surface area contributed by atoms with Crippen LogP contribution < -0.4 is 11.0 Å². The Bertz CT molecular complexity index is 1370. The standard InChI is InChI=1S/C23H23ClN6O3S/c1-13(21(31)25-16-8-9-18-19(11-16)27-22(32)26-18)34-23-29-28-20(14-4-6-15(24)7-5-14)30(23)12-17-3-2-10-33-17/h4-9,11,13,17H,2-3,10,12H2,1H3,(H,25,31)(H2,26,27,32). The Balaban J connectivity index is 1.35. The highest BCUT2D eigenvalue weighted by Gasteiger charge is 2.24. The molecule has 2 aromatic heterocycles. The molecule has 1 aliphatic heterocycles. The fourth-order valence-electron chi connectivity index (χ4n) is 3.91. The average Bonchev–Trinajstić information content (AvgIpc) is 3.55. The number of imidazole rings is 1. The molecule has 34 heavy (non-hydrogen) atoms. The lowest BCUT2D eigenvalue weighted by atomic mass is 10.2. The summed E-state index contributed by atoms with van der Waals surface area (Å²) in [6.07, 6.45) is 2.09. The number of nitrogens with one attached hydrogen (secondary N) is 3. The Kier molecular flexibility index (Phi) is 6.44. The summed E-state index contributed by atoms with van der Waals surface area (Å²) in [4.78, 5) is 29.8. The van der Waals surface area contributed by atoms with Gasteiger partial charge in [-0.25, -0.2) is 4.79 Å². The van der Waals surface area contributed by atoms with E-state index in [0.29, 0.717) is 39.3 Å². The molecule has 0 radical (unpaired) electrons. The second-order valence-corrected chi connectivity index (χ2v) is 9.89. The number of H-pyrrole nitrogens is 2. The van der Waals surface area contributed by atoms with Gasteiger partial charge in [0.2, 0.25) is 5.91 Å². The van der Waals surface area contributed by atoms with E-state index in [-0.39, 0.29) is 17.7 Å². The number of ether oxygens (including phenoxy) is 1. The number of aromatic amines is 2. The number of carbonyl (C=O) groups excluding carboxylic acids is 1. The molecule has 3 N–H and O–H groups in total. The number of amides is 1. The third-order valence-electron chi connectivity index (χ3n) is 5.66. The first-order valence-electron chi connectivity index (χ1n) is 11.0. The predicted octanol–water partition coefficient (Wildman–Crippen LogP) is 4.07. The van der Waals surface area contributed by atoms with E-state index in [2.05, 4.69) is 25.5 Å². The van der Waals surface area contributed by atoms with Gasteiger partial charge in [-0.2, -0.15) is 0 Å². The van der Waals surface area contributed by atoms with E-state index in [1.807, 2.05) is 35.8 Å². The van der Waals surface area contributed by atoms with Crippen molar-refractivity contribution in [2.75, 3.05) is 11.9 Å². The Morgan fingerprint density at radius 2 is 2.03 bits per heavy atom. The van der Waals surface area contributed by atoms with Crippen LogP contribution in [0.25, 0.3) is 22.4 Å². The van der Waals surface area contributed by atoms with Gasteiger partial charge in [0.05, 0.1) is 28.9 Å². The van der Waals surface area contributed by atoms with Gasteiger partial charge < -0.3 is 20.0 Å². The van der Waals surface area contributed by atoms with Gasteiger partial charge in [0.1, 0.15) is 0 Å². The van der Waals surface area contributed by atoms with Gasteiger partial charge in [-0.1, -0.05) is 23.4 Å². The number of benzene rings is 2. The number of nitrogens with zero attached hydrogens (tertiary/aromatic N) is 3. The molecule has 2 atom stereocenters. The molecule has 9 nitrogen and oxygen atoms in total. The van der Waals surface area contributed by atoms with Gasteiger partial charge in [0, 0.05) is 22.9 Å². The van der Waals surface area contributed by atoms with Crippen molar-refractivity contribution in [3.05, 3.63) is 58.0 Å². The molecule has 2 aromatic carbocycles. The maximum atomic E-state index is 12.9. The van der Waals surface area contributed by atoms with Crippen LogP contribution in [-0.4, -0.2) is 48.6 Å². The normalized spacial score (nSPS) is 16.7. The van der Waals surface area contributed by atoms with Crippen LogP contribution in [0.15, 0.2) is 52.4 Å². The molecule has 0 bridgehead atoms. The number of hydrogen-bond acceptors (Lipinski definition) is 6. The zero-order chi connectivity index (χ0) is 23.7. The van der Waals surface area contributed by atoms with Crippen LogP contribution in [-0.2, 0) is 16.1 Å². The molecular weight excluding hydrogens is 476 g/mol. The smallest absolute Gasteiger partial charge is 0.323 e. The molecule has 2 unspecified atom stereocenters. The fourth-order valence-corrected chi connectivity index (χ4v) is 4.90. The molecule has 1 amide bonds. The van der Waals surface area contributed by atoms with E-state index >= 15 is 0 Å². The van der Waals surface area contributed by atoms with Crippen molar-refractivity contribution in [3.63, 3.8) is 0 Å². The van der Waals surface area contributed by atoms with Crippen LogP contribution in [0, 0.1) is 0 Å². The fraction of sp³-hybridized carbons (Fsp3) is 0.304. The number of anilines is 1. The van der Waals surface area contributed by atoms with Crippen molar-refractivity contribution in [2.45, 2.75) is 42.8 Å². The number of carbonyl (C=O) groups is 1. The first-order chi connectivity index (χ1) is 16.5. The minimum absolute atomic E-state index is 0.0840. The summed E-state index contributed by atoms with van der Waals surface area (Å²) >= 11 is 7.39. The number of halogens is 1. The van der Waals surface area contributed by atoms with E-state index in [1.54, 1.807) is 18.2 Å². The van der Waals surface area contributed by atoms with Gasteiger partial charge in [-0.05, 0) is 62.2 Å². The van der Waals surface area contributed by atoms with Crippen LogP contribution >= 0.6 is 23.4 Å². The number of rotatable bonds is 7. The molecular formula is C23H23ClN6O3S. The molecule has 1 saturated heterocycles. The molecule has 5 rings (SSSR count). The Hall–Kier alpha value is -3.08. The van der Waals surface area contributed by atoms with Crippen molar-refractivity contribution in [3.8, 4) is 11.4 Å². The summed E-state index contributed by atoms with van der Waals surface area (Å²) in [5.74, 6) is 0.533. The van der Waals surface area contributed by atoms with Gasteiger partial charge in [-0.3, -0.25) is 9.36 Å². The zero-order valence-electron chi connectivity index (χ0n) is 18.4. The summed E-state index contributed by atoms with van der Waals surface area (Å²) in [6.45, 7) is 3.18. The monoisotopic (exact) mass is 498 g/mol. The maximum Gasteiger partial charge on any atom is 0.323 e. The third kappa shape index (κ3) is 4.89. The molecule has 1 aliphatic rings. The second-order valence-electron chi connectivity index (χ2n) is 8.15. The summed E-state index contributed by atoms with van der Waals surface area (Å²) in [6, 6.07) is 12.7. The van der Waals surface area contributed by atoms with E-state index in [0.717, 1.165) is 25.0 Å². The van der Waals surface area contributed by atoms with E-state index in [4.69, 9.17) is 16.3 Å². The van der Waals surface area contributed by atoms with Crippen LogP contribution in [0.3, 0.4) is 0 Å².